The second-order valence-electron chi connectivity index (χ2n) is 4.49. The van der Waals surface area contributed by atoms with Crippen LogP contribution in [0.15, 0.2) is 36.5 Å². The van der Waals surface area contributed by atoms with Gasteiger partial charge >= 0.3 is 0 Å². The van der Waals surface area contributed by atoms with E-state index < -0.39 is 0 Å². The van der Waals surface area contributed by atoms with Gasteiger partial charge in [-0.3, -0.25) is 9.69 Å². The molecule has 0 aromatic heterocycles. The highest BCUT2D eigenvalue weighted by Gasteiger charge is 2.13. The van der Waals surface area contributed by atoms with Crippen molar-refractivity contribution < 1.29 is 4.79 Å². The molecule has 0 saturated carbocycles. The van der Waals surface area contributed by atoms with Crippen molar-refractivity contribution in [3.8, 4) is 0 Å². The molecule has 0 unspecified atom stereocenters. The predicted octanol–water partition coefficient (Wildman–Crippen LogP) is 1.49. The molecular formula is C14H22N2O. The lowest BCUT2D eigenvalue weighted by Gasteiger charge is -2.32. The number of carbonyl (C=O) groups is 1. The second-order valence-corrected chi connectivity index (χ2v) is 4.49. The maximum absolute atomic E-state index is 10.8. The summed E-state index contributed by atoms with van der Waals surface area (Å²) in [5, 5.41) is 0. The van der Waals surface area contributed by atoms with E-state index in [9.17, 15) is 4.79 Å². The van der Waals surface area contributed by atoms with Gasteiger partial charge in [0.15, 0.2) is 5.78 Å². The Morgan fingerprint density at radius 2 is 1.94 bits per heavy atom. The monoisotopic (exact) mass is 234 g/mol. The summed E-state index contributed by atoms with van der Waals surface area (Å²) in [6.07, 6.45) is 7.21. The molecule has 0 atom stereocenters. The largest absolute Gasteiger partial charge is 0.304 e. The highest BCUT2D eigenvalue weighted by Crippen LogP contribution is 2.05. The summed E-state index contributed by atoms with van der Waals surface area (Å²) < 4.78 is 0. The van der Waals surface area contributed by atoms with Crippen molar-refractivity contribution >= 4 is 5.78 Å². The van der Waals surface area contributed by atoms with E-state index in [-0.39, 0.29) is 5.78 Å². The van der Waals surface area contributed by atoms with Crippen molar-refractivity contribution in [3.05, 3.63) is 36.5 Å². The van der Waals surface area contributed by atoms with E-state index in [1.807, 2.05) is 12.2 Å². The molecule has 1 aliphatic heterocycles. The van der Waals surface area contributed by atoms with Crippen LogP contribution in [-0.4, -0.2) is 55.4 Å². The maximum Gasteiger partial charge on any atom is 0.152 e. The fraction of sp³-hybridized carbons (Fsp3) is 0.500. The Balaban J connectivity index is 2.46. The standard InChI is InChI=1S/C14H22N2O/c1-4-14(7-5-6-13(2)17)12-16-10-8-15(3)9-11-16/h4-7H,1,8-12H2,2-3H3/b6-5+,14-7+. The fourth-order valence-electron chi connectivity index (χ4n) is 1.76. The third-order valence-electron chi connectivity index (χ3n) is 2.91. The van der Waals surface area contributed by atoms with Gasteiger partial charge in [-0.15, -0.1) is 0 Å². The zero-order chi connectivity index (χ0) is 12.7. The summed E-state index contributed by atoms with van der Waals surface area (Å²) >= 11 is 0. The van der Waals surface area contributed by atoms with Crippen LogP contribution in [0.4, 0.5) is 0 Å². The lowest BCUT2D eigenvalue weighted by atomic mass is 10.2. The second kappa shape index (κ2) is 7.20. The highest BCUT2D eigenvalue weighted by atomic mass is 16.1. The summed E-state index contributed by atoms with van der Waals surface area (Å²) in [6.45, 7) is 10.7. The third kappa shape index (κ3) is 5.61. The zero-order valence-electron chi connectivity index (χ0n) is 10.9. The third-order valence-corrected chi connectivity index (χ3v) is 2.91. The summed E-state index contributed by atoms with van der Waals surface area (Å²) in [7, 11) is 2.15. The molecule has 0 N–H and O–H groups in total. The van der Waals surface area contributed by atoms with Gasteiger partial charge in [0, 0.05) is 32.7 Å². The van der Waals surface area contributed by atoms with Gasteiger partial charge in [-0.2, -0.15) is 0 Å². The molecule has 1 aliphatic rings. The van der Waals surface area contributed by atoms with Crippen molar-refractivity contribution in [2.24, 2.45) is 0 Å². The summed E-state index contributed by atoms with van der Waals surface area (Å²) in [4.78, 5) is 15.5. The molecule has 0 radical (unpaired) electrons. The molecule has 0 aromatic carbocycles. The molecule has 3 heteroatoms. The van der Waals surface area contributed by atoms with Crippen LogP contribution in [0.5, 0.6) is 0 Å². The van der Waals surface area contributed by atoms with Crippen LogP contribution in [-0.2, 0) is 4.79 Å². The van der Waals surface area contributed by atoms with Crippen molar-refractivity contribution in [2.45, 2.75) is 6.92 Å². The van der Waals surface area contributed by atoms with Crippen molar-refractivity contribution in [1.82, 2.24) is 9.80 Å². The molecule has 3 nitrogen and oxygen atoms in total. The molecule has 0 bridgehead atoms. The van der Waals surface area contributed by atoms with Crippen molar-refractivity contribution in [3.63, 3.8) is 0 Å². The number of carbonyl (C=O) groups excluding carboxylic acids is 1. The zero-order valence-corrected chi connectivity index (χ0v) is 10.9. The Hall–Kier alpha value is -1.19. The first-order chi connectivity index (χ1) is 8.11. The van der Waals surface area contributed by atoms with E-state index in [4.69, 9.17) is 0 Å². The average molecular weight is 234 g/mol. The van der Waals surface area contributed by atoms with E-state index in [0.29, 0.717) is 0 Å². The van der Waals surface area contributed by atoms with Crippen LogP contribution in [0.2, 0.25) is 0 Å². The Morgan fingerprint density at radius 3 is 2.47 bits per heavy atom. The number of hydrogen-bond acceptors (Lipinski definition) is 3. The number of rotatable bonds is 5. The molecule has 0 aromatic rings. The summed E-state index contributed by atoms with van der Waals surface area (Å²) in [5.41, 5.74) is 1.16. The van der Waals surface area contributed by atoms with Gasteiger partial charge in [0.05, 0.1) is 0 Å². The maximum atomic E-state index is 10.8. The molecule has 0 aliphatic carbocycles. The topological polar surface area (TPSA) is 23.6 Å². The number of ketones is 1. The van der Waals surface area contributed by atoms with Crippen molar-refractivity contribution in [1.29, 1.82) is 0 Å². The minimum Gasteiger partial charge on any atom is -0.304 e. The summed E-state index contributed by atoms with van der Waals surface area (Å²) in [5.74, 6) is 0.0734. The molecule has 94 valence electrons. The normalized spacial score (nSPS) is 19.8. The van der Waals surface area contributed by atoms with Gasteiger partial charge in [-0.05, 0) is 25.6 Å². The number of nitrogens with zero attached hydrogens (tertiary/aromatic N) is 2. The van der Waals surface area contributed by atoms with Gasteiger partial charge in [0.25, 0.3) is 0 Å². The first-order valence-electron chi connectivity index (χ1n) is 6.03. The van der Waals surface area contributed by atoms with Crippen LogP contribution in [0.25, 0.3) is 0 Å². The van der Waals surface area contributed by atoms with E-state index in [1.54, 1.807) is 19.1 Å². The van der Waals surface area contributed by atoms with Gasteiger partial charge in [-0.25, -0.2) is 0 Å². The van der Waals surface area contributed by atoms with Crippen LogP contribution in [0.1, 0.15) is 6.92 Å². The molecule has 1 fully saturated rings. The SMILES string of the molecule is C=C/C(=C\C=C\C(C)=O)CN1CCN(C)CC1. The fourth-order valence-corrected chi connectivity index (χ4v) is 1.76. The quantitative estimate of drug-likeness (QED) is 0.532. The molecule has 1 heterocycles. The van der Waals surface area contributed by atoms with E-state index in [0.717, 1.165) is 38.3 Å². The van der Waals surface area contributed by atoms with Gasteiger partial charge < -0.3 is 4.90 Å². The van der Waals surface area contributed by atoms with Gasteiger partial charge in [0.2, 0.25) is 0 Å². The molecule has 17 heavy (non-hydrogen) atoms. The Kier molecular flexibility index (Phi) is 5.87. The minimum absolute atomic E-state index is 0.0734. The highest BCUT2D eigenvalue weighted by molar-refractivity contribution is 5.87. The molecule has 1 saturated heterocycles. The van der Waals surface area contributed by atoms with Crippen LogP contribution in [0.3, 0.4) is 0 Å². The smallest absolute Gasteiger partial charge is 0.152 e. The van der Waals surface area contributed by atoms with E-state index in [2.05, 4.69) is 23.4 Å². The molecular weight excluding hydrogens is 212 g/mol. The Morgan fingerprint density at radius 1 is 1.29 bits per heavy atom. The number of hydrogen-bond donors (Lipinski definition) is 0. The lowest BCUT2D eigenvalue weighted by Crippen LogP contribution is -2.44. The number of likely N-dealkylation sites (N-methyl/N-ethyl adjacent to an activating group) is 1. The number of piperazine rings is 1. The Bertz CT molecular complexity index is 323. The van der Waals surface area contributed by atoms with Gasteiger partial charge in [-0.1, -0.05) is 24.8 Å². The lowest BCUT2D eigenvalue weighted by molar-refractivity contribution is -0.112. The van der Waals surface area contributed by atoms with Crippen molar-refractivity contribution in [2.75, 3.05) is 39.8 Å². The number of allylic oxidation sites excluding steroid dienone is 3. The first kappa shape index (κ1) is 13.9. The first-order valence-corrected chi connectivity index (χ1v) is 6.03. The molecule has 0 amide bonds. The molecule has 0 spiro atoms. The van der Waals surface area contributed by atoms with Crippen LogP contribution in [0, 0.1) is 0 Å². The Labute approximate surface area is 104 Å². The predicted molar refractivity (Wildman–Crippen MR) is 72.0 cm³/mol. The van der Waals surface area contributed by atoms with Crippen LogP contribution < -0.4 is 0 Å². The van der Waals surface area contributed by atoms with E-state index >= 15 is 0 Å². The van der Waals surface area contributed by atoms with Crippen LogP contribution >= 0.6 is 0 Å². The minimum atomic E-state index is 0.0734. The van der Waals surface area contributed by atoms with E-state index in [1.165, 1.54) is 0 Å². The summed E-state index contributed by atoms with van der Waals surface area (Å²) in [6, 6.07) is 0. The average Bonchev–Trinajstić information content (AvgIpc) is 2.30. The molecule has 1 rings (SSSR count). The van der Waals surface area contributed by atoms with Gasteiger partial charge in [0.1, 0.15) is 0 Å².